The van der Waals surface area contributed by atoms with Crippen LogP contribution in [0.15, 0.2) is 35.9 Å². The molecule has 206 valence electrons. The molecule has 3 rings (SSSR count). The van der Waals surface area contributed by atoms with Gasteiger partial charge in [-0.1, -0.05) is 11.6 Å². The van der Waals surface area contributed by atoms with Gasteiger partial charge in [0.25, 0.3) is 0 Å². The summed E-state index contributed by atoms with van der Waals surface area (Å²) in [6.45, 7) is 14.7. The third kappa shape index (κ3) is 7.93. The maximum Gasteiger partial charge on any atom is 0.412 e. The molecule has 2 aliphatic rings. The number of methoxy groups -OCH3 is 1. The van der Waals surface area contributed by atoms with Crippen LogP contribution >= 0.6 is 0 Å². The number of benzene rings is 1. The number of anilines is 2. The van der Waals surface area contributed by atoms with Gasteiger partial charge in [0, 0.05) is 24.4 Å². The summed E-state index contributed by atoms with van der Waals surface area (Å²) in [5, 5.41) is 5.42. The number of rotatable bonds is 8. The lowest BCUT2D eigenvalue weighted by molar-refractivity contribution is -0.171. The molecule has 0 radical (unpaired) electrons. The van der Waals surface area contributed by atoms with E-state index in [9.17, 15) is 9.59 Å². The van der Waals surface area contributed by atoms with Crippen molar-refractivity contribution in [2.45, 2.75) is 90.3 Å². The summed E-state index contributed by atoms with van der Waals surface area (Å²) in [4.78, 5) is 24.7. The second-order valence-corrected chi connectivity index (χ2v) is 11.5. The molecule has 0 bridgehead atoms. The van der Waals surface area contributed by atoms with Crippen LogP contribution in [0.25, 0.3) is 0 Å². The fourth-order valence-electron chi connectivity index (χ4n) is 4.94. The van der Waals surface area contributed by atoms with Crippen molar-refractivity contribution in [1.29, 1.82) is 0 Å². The molecule has 37 heavy (non-hydrogen) atoms. The highest BCUT2D eigenvalue weighted by atomic mass is 16.6. The van der Waals surface area contributed by atoms with Gasteiger partial charge < -0.3 is 23.7 Å². The second-order valence-electron chi connectivity index (χ2n) is 11.5. The molecule has 1 aromatic carbocycles. The third-order valence-electron chi connectivity index (χ3n) is 6.63. The lowest BCUT2D eigenvalue weighted by Gasteiger charge is -2.47. The lowest BCUT2D eigenvalue weighted by Crippen LogP contribution is -2.58. The fourth-order valence-corrected chi connectivity index (χ4v) is 4.94. The SMILES string of the molecule is CO[C@H]1[C@H](C(C)(C)OCC=C(C)C)[C@]2(CC[C@H]1OC(=O)Nc1ccc(NC(=O)OC(C)(C)C)cc1)CO2. The normalized spacial score (nSPS) is 25.2. The number of amides is 2. The van der Waals surface area contributed by atoms with Gasteiger partial charge in [0.2, 0.25) is 0 Å². The van der Waals surface area contributed by atoms with Crippen molar-refractivity contribution in [1.82, 2.24) is 0 Å². The average Bonchev–Trinajstić information content (AvgIpc) is 3.53. The Labute approximate surface area is 220 Å². The van der Waals surface area contributed by atoms with Crippen LogP contribution in [-0.4, -0.2) is 61.5 Å². The molecular weight excluding hydrogens is 476 g/mol. The van der Waals surface area contributed by atoms with Crippen molar-refractivity contribution in [2.24, 2.45) is 5.92 Å². The van der Waals surface area contributed by atoms with E-state index in [4.69, 9.17) is 23.7 Å². The second kappa shape index (κ2) is 11.4. The maximum atomic E-state index is 12.8. The van der Waals surface area contributed by atoms with Gasteiger partial charge >= 0.3 is 12.2 Å². The van der Waals surface area contributed by atoms with Crippen molar-refractivity contribution < 1.29 is 33.3 Å². The minimum Gasteiger partial charge on any atom is -0.444 e. The lowest BCUT2D eigenvalue weighted by atomic mass is 9.68. The first-order valence-corrected chi connectivity index (χ1v) is 12.8. The van der Waals surface area contributed by atoms with Gasteiger partial charge in [-0.15, -0.1) is 0 Å². The van der Waals surface area contributed by atoms with E-state index in [0.717, 1.165) is 6.42 Å². The first-order valence-electron chi connectivity index (χ1n) is 12.8. The Morgan fingerprint density at radius 1 is 1.05 bits per heavy atom. The molecule has 9 heteroatoms. The number of hydrogen-bond donors (Lipinski definition) is 2. The van der Waals surface area contributed by atoms with E-state index in [1.54, 1.807) is 52.1 Å². The minimum atomic E-state index is -0.592. The Morgan fingerprint density at radius 3 is 2.11 bits per heavy atom. The topological polar surface area (TPSA) is 108 Å². The zero-order valence-corrected chi connectivity index (χ0v) is 23.3. The van der Waals surface area contributed by atoms with Gasteiger partial charge in [0.1, 0.15) is 17.8 Å². The molecular formula is C28H42N2O7. The monoisotopic (exact) mass is 518 g/mol. The predicted molar refractivity (Wildman–Crippen MR) is 142 cm³/mol. The molecule has 0 aromatic heterocycles. The molecule has 1 aliphatic carbocycles. The zero-order chi connectivity index (χ0) is 27.4. The van der Waals surface area contributed by atoms with Crippen molar-refractivity contribution in [3.63, 3.8) is 0 Å². The number of ether oxygens (including phenoxy) is 5. The third-order valence-corrected chi connectivity index (χ3v) is 6.63. The summed E-state index contributed by atoms with van der Waals surface area (Å²) in [6, 6.07) is 6.71. The summed E-state index contributed by atoms with van der Waals surface area (Å²) in [5.41, 5.74) is 0.806. The molecule has 2 amide bonds. The van der Waals surface area contributed by atoms with Gasteiger partial charge in [0.05, 0.1) is 24.4 Å². The summed E-state index contributed by atoms with van der Waals surface area (Å²) in [6.07, 6.45) is 1.47. The van der Waals surface area contributed by atoms with Gasteiger partial charge in [-0.2, -0.15) is 0 Å². The Morgan fingerprint density at radius 2 is 1.62 bits per heavy atom. The average molecular weight is 519 g/mol. The molecule has 2 fully saturated rings. The number of carbonyl (C=O) groups excluding carboxylic acids is 2. The highest BCUT2D eigenvalue weighted by Gasteiger charge is 2.64. The number of epoxide rings is 1. The Kier molecular flexibility index (Phi) is 8.93. The molecule has 1 heterocycles. The van der Waals surface area contributed by atoms with Crippen LogP contribution in [0.1, 0.15) is 61.3 Å². The van der Waals surface area contributed by atoms with Crippen LogP contribution < -0.4 is 10.6 Å². The zero-order valence-electron chi connectivity index (χ0n) is 23.3. The molecule has 4 atom stereocenters. The van der Waals surface area contributed by atoms with E-state index in [1.807, 2.05) is 33.8 Å². The first kappa shape index (κ1) is 28.9. The van der Waals surface area contributed by atoms with Gasteiger partial charge in [-0.3, -0.25) is 10.6 Å². The van der Waals surface area contributed by atoms with Crippen LogP contribution in [0.5, 0.6) is 0 Å². The van der Waals surface area contributed by atoms with E-state index in [-0.39, 0.29) is 17.6 Å². The van der Waals surface area contributed by atoms with Crippen molar-refractivity contribution in [3.05, 3.63) is 35.9 Å². The molecule has 1 aromatic rings. The highest BCUT2D eigenvalue weighted by molar-refractivity contribution is 5.87. The number of allylic oxidation sites excluding steroid dienone is 1. The standard InChI is InChI=1S/C28H42N2O7/c1-18(2)14-16-34-27(6,7)23-22(33-8)21(13-15-28(23)17-35-28)36-24(31)29-19-9-11-20(12-10-19)30-25(32)37-26(3,4)5/h9-12,14,21-23H,13,15-17H2,1-8H3,(H,29,31)(H,30,32)/t21-,22-,23-,28+/m1/s1. The number of nitrogens with one attached hydrogen (secondary N) is 2. The Balaban J connectivity index is 1.61. The molecule has 0 unspecified atom stereocenters. The van der Waals surface area contributed by atoms with Gasteiger partial charge in [0.15, 0.2) is 0 Å². The van der Waals surface area contributed by atoms with Crippen LogP contribution in [0.2, 0.25) is 0 Å². The van der Waals surface area contributed by atoms with Crippen molar-refractivity contribution >= 4 is 23.6 Å². The number of carbonyl (C=O) groups is 2. The summed E-state index contributed by atoms with van der Waals surface area (Å²) < 4.78 is 29.2. The van der Waals surface area contributed by atoms with E-state index in [0.29, 0.717) is 31.0 Å². The molecule has 2 N–H and O–H groups in total. The highest BCUT2D eigenvalue weighted by Crippen LogP contribution is 2.52. The predicted octanol–water partition coefficient (Wildman–Crippen LogP) is 5.91. The molecule has 1 aliphatic heterocycles. The summed E-state index contributed by atoms with van der Waals surface area (Å²) >= 11 is 0. The van der Waals surface area contributed by atoms with Crippen LogP contribution in [0, 0.1) is 5.92 Å². The number of hydrogen-bond acceptors (Lipinski definition) is 7. The smallest absolute Gasteiger partial charge is 0.412 e. The van der Waals surface area contributed by atoms with Crippen LogP contribution in [0.3, 0.4) is 0 Å². The Bertz CT molecular complexity index is 973. The summed E-state index contributed by atoms with van der Waals surface area (Å²) in [5.74, 6) is -0.111. The maximum absolute atomic E-state index is 12.8. The van der Waals surface area contributed by atoms with Crippen LogP contribution in [-0.2, 0) is 23.7 Å². The molecule has 9 nitrogen and oxygen atoms in total. The molecule has 1 saturated carbocycles. The Hall–Kier alpha value is -2.62. The van der Waals surface area contributed by atoms with Gasteiger partial charge in [-0.05, 0) is 85.6 Å². The largest absolute Gasteiger partial charge is 0.444 e. The van der Waals surface area contributed by atoms with Crippen molar-refractivity contribution in [3.8, 4) is 0 Å². The van der Waals surface area contributed by atoms with Crippen LogP contribution in [0.4, 0.5) is 21.0 Å². The van der Waals surface area contributed by atoms with E-state index in [2.05, 4.69) is 10.6 Å². The quantitative estimate of drug-likeness (QED) is 0.325. The first-order chi connectivity index (χ1) is 17.2. The summed E-state index contributed by atoms with van der Waals surface area (Å²) in [7, 11) is 1.63. The fraction of sp³-hybridized carbons (Fsp3) is 0.643. The van der Waals surface area contributed by atoms with E-state index in [1.165, 1.54) is 5.57 Å². The van der Waals surface area contributed by atoms with Crippen molar-refractivity contribution in [2.75, 3.05) is 31.0 Å². The minimum absolute atomic E-state index is 0.111. The van der Waals surface area contributed by atoms with E-state index >= 15 is 0 Å². The molecule has 1 saturated heterocycles. The molecule has 1 spiro atoms. The van der Waals surface area contributed by atoms with E-state index < -0.39 is 29.5 Å². The van der Waals surface area contributed by atoms with Gasteiger partial charge in [-0.25, -0.2) is 9.59 Å².